The molecule has 0 unspecified atom stereocenters. The fourth-order valence-corrected chi connectivity index (χ4v) is 1.92. The van der Waals surface area contributed by atoms with E-state index >= 15 is 0 Å². The third-order valence-electron chi connectivity index (χ3n) is 2.50. The molecular formula is C11H14ClNO. The summed E-state index contributed by atoms with van der Waals surface area (Å²) in [5.41, 5.74) is 5.25. The molecule has 0 aliphatic heterocycles. The molecule has 1 aromatic rings. The number of hydrogen-bond acceptors (Lipinski definition) is 2. The molecular weight excluding hydrogens is 198 g/mol. The summed E-state index contributed by atoms with van der Waals surface area (Å²) in [7, 11) is 1.61. The highest BCUT2D eigenvalue weighted by Gasteiger charge is 2.25. The molecule has 1 N–H and O–H groups in total. The van der Waals surface area contributed by atoms with Crippen molar-refractivity contribution in [1.29, 1.82) is 0 Å². The van der Waals surface area contributed by atoms with Crippen LogP contribution in [0.5, 0.6) is 0 Å². The van der Waals surface area contributed by atoms with E-state index in [1.54, 1.807) is 7.11 Å². The summed E-state index contributed by atoms with van der Waals surface area (Å²) in [6.45, 7) is 0.696. The largest absolute Gasteiger partial charge is 0.305 e. The van der Waals surface area contributed by atoms with Crippen LogP contribution < -0.4 is 5.48 Å². The number of halogens is 1. The molecule has 76 valence electrons. The standard InChI is InChI=1S/C11H14ClNO/c1-14-13-7-8-2-5-10(9-3-4-9)11(12)6-8/h2,5-6,9,13H,3-4,7H2,1H3. The molecule has 14 heavy (non-hydrogen) atoms. The second kappa shape index (κ2) is 4.30. The van der Waals surface area contributed by atoms with Gasteiger partial charge in [0, 0.05) is 11.6 Å². The zero-order valence-electron chi connectivity index (χ0n) is 8.22. The average molecular weight is 212 g/mol. The lowest BCUT2D eigenvalue weighted by molar-refractivity contribution is 0.0867. The lowest BCUT2D eigenvalue weighted by Gasteiger charge is -2.06. The molecule has 0 radical (unpaired) electrons. The van der Waals surface area contributed by atoms with Crippen LogP contribution in [0.2, 0.25) is 5.02 Å². The molecule has 0 aromatic heterocycles. The number of hydrogen-bond donors (Lipinski definition) is 1. The molecule has 0 atom stereocenters. The Bertz CT molecular complexity index is 323. The van der Waals surface area contributed by atoms with Crippen LogP contribution in [0.25, 0.3) is 0 Å². The summed E-state index contributed by atoms with van der Waals surface area (Å²) in [6, 6.07) is 6.25. The van der Waals surface area contributed by atoms with Crippen molar-refractivity contribution in [2.75, 3.05) is 7.11 Å². The summed E-state index contributed by atoms with van der Waals surface area (Å²) in [6.07, 6.45) is 2.57. The molecule has 1 aliphatic carbocycles. The minimum absolute atomic E-state index is 0.696. The van der Waals surface area contributed by atoms with Gasteiger partial charge in [0.05, 0.1) is 7.11 Å². The molecule has 3 heteroatoms. The van der Waals surface area contributed by atoms with Gasteiger partial charge in [-0.25, -0.2) is 0 Å². The van der Waals surface area contributed by atoms with Crippen molar-refractivity contribution in [3.05, 3.63) is 34.3 Å². The van der Waals surface area contributed by atoms with E-state index in [-0.39, 0.29) is 0 Å². The third-order valence-corrected chi connectivity index (χ3v) is 2.83. The van der Waals surface area contributed by atoms with E-state index in [0.717, 1.165) is 10.6 Å². The van der Waals surface area contributed by atoms with Gasteiger partial charge in [0.1, 0.15) is 0 Å². The summed E-state index contributed by atoms with van der Waals surface area (Å²) in [5, 5.41) is 0.892. The summed E-state index contributed by atoms with van der Waals surface area (Å²) in [5.74, 6) is 0.715. The Morgan fingerprint density at radius 2 is 2.29 bits per heavy atom. The average Bonchev–Trinajstić information content (AvgIpc) is 2.98. The maximum absolute atomic E-state index is 6.17. The van der Waals surface area contributed by atoms with E-state index in [4.69, 9.17) is 16.4 Å². The van der Waals surface area contributed by atoms with Crippen LogP contribution in [-0.4, -0.2) is 7.11 Å². The minimum Gasteiger partial charge on any atom is -0.305 e. The van der Waals surface area contributed by atoms with E-state index in [9.17, 15) is 0 Å². The van der Waals surface area contributed by atoms with Crippen molar-refractivity contribution in [2.45, 2.75) is 25.3 Å². The van der Waals surface area contributed by atoms with Crippen LogP contribution in [-0.2, 0) is 11.4 Å². The summed E-state index contributed by atoms with van der Waals surface area (Å²) in [4.78, 5) is 4.78. The van der Waals surface area contributed by atoms with E-state index in [0.29, 0.717) is 12.5 Å². The molecule has 2 nitrogen and oxygen atoms in total. The van der Waals surface area contributed by atoms with Gasteiger partial charge in [-0.15, -0.1) is 0 Å². The fourth-order valence-electron chi connectivity index (χ4n) is 1.56. The molecule has 1 saturated carbocycles. The first-order chi connectivity index (χ1) is 6.81. The van der Waals surface area contributed by atoms with Gasteiger partial charge in [-0.1, -0.05) is 23.7 Å². The highest BCUT2D eigenvalue weighted by molar-refractivity contribution is 6.31. The number of benzene rings is 1. The zero-order chi connectivity index (χ0) is 9.97. The van der Waals surface area contributed by atoms with Crippen LogP contribution in [0, 0.1) is 0 Å². The van der Waals surface area contributed by atoms with Crippen molar-refractivity contribution in [3.63, 3.8) is 0 Å². The van der Waals surface area contributed by atoms with Crippen molar-refractivity contribution in [2.24, 2.45) is 0 Å². The molecule has 2 rings (SSSR count). The molecule has 1 aromatic carbocycles. The topological polar surface area (TPSA) is 21.3 Å². The number of rotatable bonds is 4. The Labute approximate surface area is 89.2 Å². The molecule has 1 fully saturated rings. The Kier molecular flexibility index (Phi) is 3.06. The van der Waals surface area contributed by atoms with Gasteiger partial charge >= 0.3 is 0 Å². The fraction of sp³-hybridized carbons (Fsp3) is 0.455. The van der Waals surface area contributed by atoms with E-state index in [1.807, 2.05) is 6.07 Å². The first kappa shape index (κ1) is 9.97. The van der Waals surface area contributed by atoms with Crippen LogP contribution in [0.3, 0.4) is 0 Å². The first-order valence-electron chi connectivity index (χ1n) is 4.85. The Hall–Kier alpha value is -0.570. The summed E-state index contributed by atoms with van der Waals surface area (Å²) >= 11 is 6.17. The normalized spacial score (nSPS) is 15.9. The lowest BCUT2D eigenvalue weighted by atomic mass is 10.1. The van der Waals surface area contributed by atoms with Crippen LogP contribution in [0.15, 0.2) is 18.2 Å². The van der Waals surface area contributed by atoms with Gasteiger partial charge in [-0.05, 0) is 36.0 Å². The molecule has 0 bridgehead atoms. The lowest BCUT2D eigenvalue weighted by Crippen LogP contribution is -2.10. The quantitative estimate of drug-likeness (QED) is 0.774. The highest BCUT2D eigenvalue weighted by atomic mass is 35.5. The smallest absolute Gasteiger partial charge is 0.0572 e. The van der Waals surface area contributed by atoms with Crippen molar-refractivity contribution < 1.29 is 4.84 Å². The zero-order valence-corrected chi connectivity index (χ0v) is 8.97. The van der Waals surface area contributed by atoms with Crippen molar-refractivity contribution in [1.82, 2.24) is 5.48 Å². The van der Waals surface area contributed by atoms with Crippen molar-refractivity contribution >= 4 is 11.6 Å². The minimum atomic E-state index is 0.696. The predicted octanol–water partition coefficient (Wildman–Crippen LogP) is 2.87. The predicted molar refractivity (Wildman–Crippen MR) is 57.3 cm³/mol. The maximum atomic E-state index is 6.17. The van der Waals surface area contributed by atoms with Gasteiger partial charge in [-0.3, -0.25) is 0 Å². The van der Waals surface area contributed by atoms with Crippen LogP contribution in [0.1, 0.15) is 29.9 Å². The van der Waals surface area contributed by atoms with Crippen LogP contribution >= 0.6 is 11.6 Å². The van der Waals surface area contributed by atoms with E-state index in [1.165, 1.54) is 18.4 Å². The second-order valence-electron chi connectivity index (χ2n) is 3.66. The van der Waals surface area contributed by atoms with Crippen LogP contribution in [0.4, 0.5) is 0 Å². The molecule has 0 spiro atoms. The molecule has 0 amide bonds. The summed E-state index contributed by atoms with van der Waals surface area (Å²) < 4.78 is 0. The monoisotopic (exact) mass is 211 g/mol. The highest BCUT2D eigenvalue weighted by Crippen LogP contribution is 2.43. The van der Waals surface area contributed by atoms with Gasteiger partial charge in [0.2, 0.25) is 0 Å². The van der Waals surface area contributed by atoms with Crippen molar-refractivity contribution in [3.8, 4) is 0 Å². The first-order valence-corrected chi connectivity index (χ1v) is 5.23. The SMILES string of the molecule is CONCc1ccc(C2CC2)c(Cl)c1. The number of hydroxylamine groups is 1. The van der Waals surface area contributed by atoms with Gasteiger partial charge in [0.15, 0.2) is 0 Å². The van der Waals surface area contributed by atoms with Gasteiger partial charge < -0.3 is 4.84 Å². The molecule has 1 aliphatic rings. The van der Waals surface area contributed by atoms with E-state index < -0.39 is 0 Å². The molecule has 0 saturated heterocycles. The third kappa shape index (κ3) is 2.27. The second-order valence-corrected chi connectivity index (χ2v) is 4.06. The Morgan fingerprint density at radius 3 is 2.86 bits per heavy atom. The Morgan fingerprint density at radius 1 is 1.50 bits per heavy atom. The molecule has 0 heterocycles. The van der Waals surface area contributed by atoms with Gasteiger partial charge in [-0.2, -0.15) is 5.48 Å². The number of nitrogens with one attached hydrogen (secondary N) is 1. The van der Waals surface area contributed by atoms with E-state index in [2.05, 4.69) is 17.6 Å². The van der Waals surface area contributed by atoms with Gasteiger partial charge in [0.25, 0.3) is 0 Å². The maximum Gasteiger partial charge on any atom is 0.0572 e. The Balaban J connectivity index is 2.09.